The number of carboxylic acids is 2. The number of carbonyl (C=O) groups excluding carboxylic acids is 4. The minimum absolute atomic E-state index is 0.0629. The molecule has 0 aliphatic carbocycles. The molecule has 4 atom stereocenters. The molecule has 2 heterocycles. The number of hydrogen-bond acceptors (Lipinski definition) is 8. The molecule has 0 bridgehead atoms. The van der Waals surface area contributed by atoms with Gasteiger partial charge >= 0.3 is 11.9 Å². The topological polar surface area (TPSA) is 275 Å². The Bertz CT molecular complexity index is 1450. The first-order valence-electron chi connectivity index (χ1n) is 13.4. The minimum atomic E-state index is -1.37. The van der Waals surface area contributed by atoms with Crippen LogP contribution in [0.15, 0.2) is 43.0 Å². The quantitative estimate of drug-likeness (QED) is 0.0883. The summed E-state index contributed by atoms with van der Waals surface area (Å²) in [6, 6.07) is 1.93. The SMILES string of the molecule is NC(=O)CCC(NC(=O)C(N)CCC(=O)O)C(=O)NC(Cc1c[nH]c2ccccc12)C(=O)NC(Cc1cnc[nH]1)C(=O)O. The molecule has 11 N–H and O–H groups in total. The predicted molar refractivity (Wildman–Crippen MR) is 151 cm³/mol. The normalized spacial score (nSPS) is 13.8. The van der Waals surface area contributed by atoms with Crippen LogP contribution in [0.4, 0.5) is 0 Å². The maximum Gasteiger partial charge on any atom is 0.326 e. The molecule has 0 saturated heterocycles. The molecule has 3 rings (SSSR count). The molecule has 3 aromatic rings. The molecular formula is C27H34N8O8. The number of aromatic nitrogens is 3. The number of rotatable bonds is 17. The number of hydrogen-bond donors (Lipinski definition) is 9. The highest BCUT2D eigenvalue weighted by Crippen LogP contribution is 2.19. The van der Waals surface area contributed by atoms with Crippen molar-refractivity contribution in [2.75, 3.05) is 0 Å². The molecule has 16 heteroatoms. The number of imidazole rings is 1. The predicted octanol–water partition coefficient (Wildman–Crippen LogP) is -1.33. The summed E-state index contributed by atoms with van der Waals surface area (Å²) in [6.07, 6.45) is 3.14. The van der Waals surface area contributed by atoms with Crippen LogP contribution in [0.3, 0.4) is 0 Å². The molecule has 16 nitrogen and oxygen atoms in total. The monoisotopic (exact) mass is 598 g/mol. The van der Waals surface area contributed by atoms with E-state index in [0.717, 1.165) is 10.9 Å². The van der Waals surface area contributed by atoms with Crippen molar-refractivity contribution in [1.29, 1.82) is 0 Å². The number of amides is 4. The molecule has 0 aliphatic heterocycles. The maximum absolute atomic E-state index is 13.5. The first-order valence-corrected chi connectivity index (χ1v) is 13.4. The zero-order valence-corrected chi connectivity index (χ0v) is 23.0. The van der Waals surface area contributed by atoms with Crippen LogP contribution < -0.4 is 27.4 Å². The lowest BCUT2D eigenvalue weighted by Crippen LogP contribution is -2.58. The summed E-state index contributed by atoms with van der Waals surface area (Å²) in [5.74, 6) is -5.75. The number of H-pyrrole nitrogens is 2. The number of carbonyl (C=O) groups is 6. The Kier molecular flexibility index (Phi) is 11.3. The smallest absolute Gasteiger partial charge is 0.326 e. The fourth-order valence-electron chi connectivity index (χ4n) is 4.33. The molecule has 0 fully saturated rings. The molecule has 0 saturated carbocycles. The van der Waals surface area contributed by atoms with Gasteiger partial charge in [-0.15, -0.1) is 0 Å². The summed E-state index contributed by atoms with van der Waals surface area (Å²) >= 11 is 0. The second-order valence-electron chi connectivity index (χ2n) is 9.91. The molecule has 1 aromatic carbocycles. The highest BCUT2D eigenvalue weighted by atomic mass is 16.4. The Morgan fingerprint density at radius 2 is 1.51 bits per heavy atom. The van der Waals surface area contributed by atoms with Gasteiger partial charge in [-0.2, -0.15) is 0 Å². The van der Waals surface area contributed by atoms with Gasteiger partial charge in [-0.05, 0) is 24.5 Å². The Morgan fingerprint density at radius 1 is 0.837 bits per heavy atom. The fourth-order valence-corrected chi connectivity index (χ4v) is 4.33. The van der Waals surface area contributed by atoms with E-state index in [0.29, 0.717) is 11.3 Å². The largest absolute Gasteiger partial charge is 0.481 e. The lowest BCUT2D eigenvalue weighted by molar-refractivity contribution is -0.142. The number of primary amides is 1. The van der Waals surface area contributed by atoms with E-state index in [-0.39, 0.29) is 38.5 Å². The number of benzene rings is 1. The van der Waals surface area contributed by atoms with Gasteiger partial charge in [-0.3, -0.25) is 24.0 Å². The first kappa shape index (κ1) is 32.3. The third kappa shape index (κ3) is 9.67. The van der Waals surface area contributed by atoms with Crippen LogP contribution in [0.5, 0.6) is 0 Å². The third-order valence-corrected chi connectivity index (χ3v) is 6.64. The number of nitrogens with zero attached hydrogens (tertiary/aromatic N) is 1. The number of aliphatic carboxylic acids is 2. The summed E-state index contributed by atoms with van der Waals surface area (Å²) in [6.45, 7) is 0. The Morgan fingerprint density at radius 3 is 2.16 bits per heavy atom. The van der Waals surface area contributed by atoms with Crippen molar-refractivity contribution in [2.45, 2.75) is 62.7 Å². The highest BCUT2D eigenvalue weighted by molar-refractivity contribution is 5.95. The van der Waals surface area contributed by atoms with Crippen molar-refractivity contribution < 1.29 is 39.0 Å². The van der Waals surface area contributed by atoms with Crippen molar-refractivity contribution in [3.8, 4) is 0 Å². The van der Waals surface area contributed by atoms with Gasteiger partial charge < -0.3 is 47.6 Å². The second-order valence-corrected chi connectivity index (χ2v) is 9.91. The molecule has 0 spiro atoms. The summed E-state index contributed by atoms with van der Waals surface area (Å²) in [7, 11) is 0. The molecule has 230 valence electrons. The first-order chi connectivity index (χ1) is 20.4. The standard InChI is InChI=1S/C27H34N8O8/c28-17(5-8-23(37)38)24(39)33-19(6-7-22(29)36)25(40)34-20(9-14-11-31-18-4-2-1-3-16(14)18)26(41)35-21(27(42)43)10-15-12-30-13-32-15/h1-4,11-13,17,19-21,31H,5-10,28H2,(H2,29,36)(H,30,32)(H,33,39)(H,34,40)(H,35,41)(H,37,38)(H,42,43). The number of para-hydroxylation sites is 1. The summed E-state index contributed by atoms with van der Waals surface area (Å²) in [4.78, 5) is 83.5. The van der Waals surface area contributed by atoms with E-state index in [4.69, 9.17) is 16.6 Å². The van der Waals surface area contributed by atoms with Gasteiger partial charge in [0.25, 0.3) is 0 Å². The van der Waals surface area contributed by atoms with Crippen LogP contribution in [0, 0.1) is 0 Å². The lowest BCUT2D eigenvalue weighted by Gasteiger charge is -2.25. The van der Waals surface area contributed by atoms with Crippen molar-refractivity contribution in [1.82, 2.24) is 30.9 Å². The number of fused-ring (bicyclic) bond motifs is 1. The van der Waals surface area contributed by atoms with E-state index in [1.54, 1.807) is 12.3 Å². The van der Waals surface area contributed by atoms with Crippen molar-refractivity contribution in [2.24, 2.45) is 11.5 Å². The zero-order valence-electron chi connectivity index (χ0n) is 23.0. The van der Waals surface area contributed by atoms with E-state index in [9.17, 15) is 33.9 Å². The van der Waals surface area contributed by atoms with Crippen LogP contribution in [-0.4, -0.2) is 84.9 Å². The summed E-state index contributed by atoms with van der Waals surface area (Å²) in [5, 5.41) is 26.8. The molecule has 2 aromatic heterocycles. The van der Waals surface area contributed by atoms with E-state index in [1.807, 2.05) is 18.2 Å². The minimum Gasteiger partial charge on any atom is -0.481 e. The van der Waals surface area contributed by atoms with Crippen LogP contribution in [0.2, 0.25) is 0 Å². The average molecular weight is 599 g/mol. The Balaban J connectivity index is 1.84. The summed E-state index contributed by atoms with van der Waals surface area (Å²) < 4.78 is 0. The van der Waals surface area contributed by atoms with Crippen LogP contribution in [-0.2, 0) is 41.6 Å². The fraction of sp³-hybridized carbons (Fsp3) is 0.370. The number of aromatic amines is 2. The maximum atomic E-state index is 13.5. The number of nitrogens with one attached hydrogen (secondary N) is 5. The van der Waals surface area contributed by atoms with Gasteiger partial charge in [-0.25, -0.2) is 9.78 Å². The van der Waals surface area contributed by atoms with E-state index in [2.05, 4.69) is 30.9 Å². The van der Waals surface area contributed by atoms with Gasteiger partial charge in [-0.1, -0.05) is 18.2 Å². The second kappa shape index (κ2) is 15.1. The van der Waals surface area contributed by atoms with Gasteiger partial charge in [0, 0.05) is 54.7 Å². The molecule has 4 amide bonds. The van der Waals surface area contributed by atoms with Gasteiger partial charge in [0.05, 0.1) is 12.4 Å². The third-order valence-electron chi connectivity index (χ3n) is 6.64. The van der Waals surface area contributed by atoms with E-state index in [1.165, 1.54) is 12.5 Å². The molecule has 43 heavy (non-hydrogen) atoms. The number of carboxylic acid groups (broad SMARTS) is 2. The van der Waals surface area contributed by atoms with Gasteiger partial charge in [0.2, 0.25) is 23.6 Å². The Labute approximate surface area is 245 Å². The van der Waals surface area contributed by atoms with E-state index < -0.39 is 59.7 Å². The zero-order chi connectivity index (χ0) is 31.5. The number of nitrogens with two attached hydrogens (primary N) is 2. The molecule has 4 unspecified atom stereocenters. The molecule has 0 aliphatic rings. The van der Waals surface area contributed by atoms with Crippen molar-refractivity contribution in [3.63, 3.8) is 0 Å². The van der Waals surface area contributed by atoms with E-state index >= 15 is 0 Å². The van der Waals surface area contributed by atoms with Gasteiger partial charge in [0.1, 0.15) is 18.1 Å². The average Bonchev–Trinajstić information content (AvgIpc) is 3.62. The summed E-state index contributed by atoms with van der Waals surface area (Å²) in [5.41, 5.74) is 12.9. The molecule has 0 radical (unpaired) electrons. The van der Waals surface area contributed by atoms with Crippen molar-refractivity contribution in [3.05, 3.63) is 54.2 Å². The van der Waals surface area contributed by atoms with Crippen LogP contribution in [0.1, 0.15) is 36.9 Å². The Hall–Kier alpha value is -5.25. The highest BCUT2D eigenvalue weighted by Gasteiger charge is 2.31. The van der Waals surface area contributed by atoms with Crippen molar-refractivity contribution >= 4 is 46.5 Å². The molecular weight excluding hydrogens is 564 g/mol. The van der Waals surface area contributed by atoms with Crippen LogP contribution >= 0.6 is 0 Å². The van der Waals surface area contributed by atoms with Gasteiger partial charge in [0.15, 0.2) is 0 Å². The van der Waals surface area contributed by atoms with Crippen LogP contribution in [0.25, 0.3) is 10.9 Å². The lowest BCUT2D eigenvalue weighted by atomic mass is 10.0.